The van der Waals surface area contributed by atoms with Crippen LogP contribution in [0.4, 0.5) is 10.5 Å². The van der Waals surface area contributed by atoms with Crippen LogP contribution < -0.4 is 19.7 Å². The summed E-state index contributed by atoms with van der Waals surface area (Å²) in [4.78, 5) is 39.4. The van der Waals surface area contributed by atoms with Gasteiger partial charge in [0, 0.05) is 16.7 Å². The number of ether oxygens (including phenoxy) is 2. The molecule has 0 unspecified atom stereocenters. The number of methoxy groups -OCH3 is 1. The number of imide groups is 2. The number of hydrogen-bond donors (Lipinski definition) is 1. The molecule has 4 rings (SSSR count). The molecule has 0 radical (unpaired) electrons. The minimum atomic E-state index is -0.797. The van der Waals surface area contributed by atoms with Gasteiger partial charge in [-0.1, -0.05) is 29.8 Å². The summed E-state index contributed by atoms with van der Waals surface area (Å²) < 4.78 is 11.3. The fourth-order valence-corrected chi connectivity index (χ4v) is 3.67. The van der Waals surface area contributed by atoms with Gasteiger partial charge in [0.1, 0.15) is 23.7 Å². The maximum absolute atomic E-state index is 13.3. The minimum absolute atomic E-state index is 0.190. The predicted octanol–water partition coefficient (Wildman–Crippen LogP) is 5.21. The zero-order valence-electron chi connectivity index (χ0n) is 19.4. The molecule has 1 aliphatic heterocycles. The second kappa shape index (κ2) is 10.0. The first kappa shape index (κ1) is 24.0. The van der Waals surface area contributed by atoms with Crippen LogP contribution in [0, 0.1) is 13.8 Å². The second-order valence-electron chi connectivity index (χ2n) is 8.05. The maximum atomic E-state index is 13.3. The van der Waals surface area contributed by atoms with Crippen molar-refractivity contribution in [1.29, 1.82) is 0 Å². The molecule has 0 aromatic heterocycles. The van der Waals surface area contributed by atoms with Crippen molar-refractivity contribution in [2.24, 2.45) is 0 Å². The highest BCUT2D eigenvalue weighted by Crippen LogP contribution is 2.30. The van der Waals surface area contributed by atoms with E-state index in [0.29, 0.717) is 27.8 Å². The highest BCUT2D eigenvalue weighted by Gasteiger charge is 2.37. The van der Waals surface area contributed by atoms with Gasteiger partial charge in [-0.15, -0.1) is 0 Å². The summed E-state index contributed by atoms with van der Waals surface area (Å²) in [5.74, 6) is -0.548. The van der Waals surface area contributed by atoms with Gasteiger partial charge in [-0.3, -0.25) is 14.9 Å². The van der Waals surface area contributed by atoms with E-state index in [4.69, 9.17) is 21.1 Å². The molecule has 7 nitrogen and oxygen atoms in total. The normalized spacial score (nSPS) is 14.8. The Morgan fingerprint density at radius 2 is 1.69 bits per heavy atom. The van der Waals surface area contributed by atoms with Gasteiger partial charge in [-0.2, -0.15) is 0 Å². The first-order valence-electron chi connectivity index (χ1n) is 10.8. The van der Waals surface area contributed by atoms with Gasteiger partial charge in [0.05, 0.1) is 12.8 Å². The van der Waals surface area contributed by atoms with Gasteiger partial charge < -0.3 is 9.47 Å². The Morgan fingerprint density at radius 1 is 0.943 bits per heavy atom. The van der Waals surface area contributed by atoms with Crippen molar-refractivity contribution >= 4 is 41.2 Å². The first-order chi connectivity index (χ1) is 16.8. The molecule has 8 heteroatoms. The lowest BCUT2D eigenvalue weighted by atomic mass is 10.0. The van der Waals surface area contributed by atoms with Gasteiger partial charge in [0.25, 0.3) is 11.8 Å². The Balaban J connectivity index is 1.68. The summed E-state index contributed by atoms with van der Waals surface area (Å²) >= 11 is 5.95. The number of carbonyl (C=O) groups excluding carboxylic acids is 3. The van der Waals surface area contributed by atoms with E-state index in [0.717, 1.165) is 21.6 Å². The highest BCUT2D eigenvalue weighted by molar-refractivity contribution is 6.39. The second-order valence-corrected chi connectivity index (χ2v) is 8.48. The molecule has 4 amide bonds. The number of hydrogen-bond acceptors (Lipinski definition) is 5. The number of nitrogens with one attached hydrogen (secondary N) is 1. The summed E-state index contributed by atoms with van der Waals surface area (Å²) in [6, 6.07) is 16.7. The SMILES string of the molecule is COc1ccc(/C=C2\C(=O)NC(=O)N(c3ccc(C)c(C)c3)C2=O)c(OCc2ccc(Cl)cc2)c1. The molecule has 0 atom stereocenters. The van der Waals surface area contributed by atoms with Crippen molar-refractivity contribution in [3.63, 3.8) is 0 Å². The van der Waals surface area contributed by atoms with E-state index in [9.17, 15) is 14.4 Å². The molecule has 0 aliphatic carbocycles. The lowest BCUT2D eigenvalue weighted by Gasteiger charge is -2.27. The Kier molecular flexibility index (Phi) is 6.89. The molecule has 1 fully saturated rings. The fraction of sp³-hybridized carbons (Fsp3) is 0.148. The van der Waals surface area contributed by atoms with E-state index in [1.165, 1.54) is 13.2 Å². The number of nitrogens with zero attached hydrogens (tertiary/aromatic N) is 1. The molecule has 1 N–H and O–H groups in total. The smallest absolute Gasteiger partial charge is 0.335 e. The van der Waals surface area contributed by atoms with Crippen molar-refractivity contribution in [2.45, 2.75) is 20.5 Å². The predicted molar refractivity (Wildman–Crippen MR) is 134 cm³/mol. The standard InChI is InChI=1S/C27H23ClN2O5/c1-16-4-10-21(12-17(16)2)30-26(32)23(25(31)29-27(30)33)13-19-7-11-22(34-3)14-24(19)35-15-18-5-8-20(28)9-6-18/h4-14H,15H2,1-3H3,(H,29,31,33)/b23-13+. The Hall–Kier alpha value is -4.10. The average Bonchev–Trinajstić information content (AvgIpc) is 2.84. The molecule has 3 aromatic rings. The van der Waals surface area contributed by atoms with Crippen molar-refractivity contribution in [1.82, 2.24) is 5.32 Å². The van der Waals surface area contributed by atoms with E-state index in [1.807, 2.05) is 32.0 Å². The molecule has 3 aromatic carbocycles. The lowest BCUT2D eigenvalue weighted by Crippen LogP contribution is -2.54. The maximum Gasteiger partial charge on any atom is 0.335 e. The quantitative estimate of drug-likeness (QED) is 0.378. The molecular weight excluding hydrogens is 468 g/mol. The Bertz CT molecular complexity index is 1350. The third-order valence-electron chi connectivity index (χ3n) is 5.68. The molecule has 35 heavy (non-hydrogen) atoms. The summed E-state index contributed by atoms with van der Waals surface area (Å²) in [7, 11) is 1.53. The van der Waals surface area contributed by atoms with Crippen LogP contribution in [0.5, 0.6) is 11.5 Å². The summed E-state index contributed by atoms with van der Waals surface area (Å²) in [6.07, 6.45) is 1.41. The Labute approximate surface area is 207 Å². The van der Waals surface area contributed by atoms with Crippen molar-refractivity contribution in [3.8, 4) is 11.5 Å². The number of anilines is 1. The molecular formula is C27H23ClN2O5. The summed E-state index contributed by atoms with van der Waals surface area (Å²) in [5.41, 5.74) is 3.48. The molecule has 178 valence electrons. The molecule has 1 aliphatic rings. The van der Waals surface area contributed by atoms with Crippen molar-refractivity contribution in [2.75, 3.05) is 12.0 Å². The summed E-state index contributed by atoms with van der Waals surface area (Å²) in [5, 5.41) is 2.86. The number of benzene rings is 3. The van der Waals surface area contributed by atoms with E-state index in [1.54, 1.807) is 42.5 Å². The third kappa shape index (κ3) is 5.20. The van der Waals surface area contributed by atoms with Crippen LogP contribution in [0.3, 0.4) is 0 Å². The molecule has 1 saturated heterocycles. The lowest BCUT2D eigenvalue weighted by molar-refractivity contribution is -0.122. The van der Waals surface area contributed by atoms with E-state index < -0.39 is 17.8 Å². The van der Waals surface area contributed by atoms with Crippen LogP contribution in [-0.2, 0) is 16.2 Å². The van der Waals surface area contributed by atoms with Crippen LogP contribution in [0.25, 0.3) is 6.08 Å². The van der Waals surface area contributed by atoms with E-state index in [-0.39, 0.29) is 12.2 Å². The number of halogens is 1. The van der Waals surface area contributed by atoms with Gasteiger partial charge in [0.2, 0.25) is 0 Å². The van der Waals surface area contributed by atoms with Crippen LogP contribution in [0.1, 0.15) is 22.3 Å². The van der Waals surface area contributed by atoms with Gasteiger partial charge in [-0.25, -0.2) is 9.69 Å². The third-order valence-corrected chi connectivity index (χ3v) is 5.93. The number of amides is 4. The van der Waals surface area contributed by atoms with E-state index in [2.05, 4.69) is 5.32 Å². The monoisotopic (exact) mass is 490 g/mol. The van der Waals surface area contributed by atoms with Gasteiger partial charge >= 0.3 is 6.03 Å². The van der Waals surface area contributed by atoms with Crippen LogP contribution in [0.15, 0.2) is 66.2 Å². The van der Waals surface area contributed by atoms with Crippen molar-refractivity contribution < 1.29 is 23.9 Å². The van der Waals surface area contributed by atoms with Crippen molar-refractivity contribution in [3.05, 3.63) is 93.5 Å². The average molecular weight is 491 g/mol. The van der Waals surface area contributed by atoms with Crippen LogP contribution >= 0.6 is 11.6 Å². The molecule has 0 spiro atoms. The number of barbiturate groups is 1. The largest absolute Gasteiger partial charge is 0.497 e. The number of aryl methyl sites for hydroxylation is 2. The topological polar surface area (TPSA) is 84.9 Å². The number of urea groups is 1. The van der Waals surface area contributed by atoms with Gasteiger partial charge in [-0.05, 0) is 73.0 Å². The number of carbonyl (C=O) groups is 3. The zero-order chi connectivity index (χ0) is 25.1. The van der Waals surface area contributed by atoms with Crippen LogP contribution in [0.2, 0.25) is 5.02 Å². The first-order valence-corrected chi connectivity index (χ1v) is 11.2. The van der Waals surface area contributed by atoms with Gasteiger partial charge in [0.15, 0.2) is 0 Å². The summed E-state index contributed by atoms with van der Waals surface area (Å²) in [6.45, 7) is 4.05. The minimum Gasteiger partial charge on any atom is -0.497 e. The molecule has 0 saturated carbocycles. The highest BCUT2D eigenvalue weighted by atomic mass is 35.5. The van der Waals surface area contributed by atoms with E-state index >= 15 is 0 Å². The zero-order valence-corrected chi connectivity index (χ0v) is 20.2. The Morgan fingerprint density at radius 3 is 2.37 bits per heavy atom. The molecule has 1 heterocycles. The molecule has 0 bridgehead atoms. The fourth-order valence-electron chi connectivity index (χ4n) is 3.54. The number of rotatable bonds is 6. The van der Waals surface area contributed by atoms with Crippen LogP contribution in [-0.4, -0.2) is 25.0 Å².